The molecule has 116 valence electrons. The molecule has 0 bridgehead atoms. The second-order valence-electron chi connectivity index (χ2n) is 4.95. The zero-order valence-electron chi connectivity index (χ0n) is 11.0. The highest BCUT2D eigenvalue weighted by Gasteiger charge is 2.36. The van der Waals surface area contributed by atoms with E-state index >= 15 is 0 Å². The van der Waals surface area contributed by atoms with E-state index in [2.05, 4.69) is 5.32 Å². The van der Waals surface area contributed by atoms with Crippen LogP contribution in [0.2, 0.25) is 5.02 Å². The van der Waals surface area contributed by atoms with Crippen LogP contribution in [0.4, 0.5) is 18.9 Å². The van der Waals surface area contributed by atoms with E-state index in [0.717, 1.165) is 12.1 Å². The molecule has 1 aliphatic heterocycles. The summed E-state index contributed by atoms with van der Waals surface area (Å²) < 4.78 is 43.2. The molecule has 3 N–H and O–H groups in total. The van der Waals surface area contributed by atoms with Crippen LogP contribution in [-0.2, 0) is 15.7 Å². The van der Waals surface area contributed by atoms with Gasteiger partial charge in [-0.2, -0.15) is 13.2 Å². The third-order valence-corrected chi connectivity index (χ3v) is 3.54. The zero-order valence-corrected chi connectivity index (χ0v) is 11.7. The monoisotopic (exact) mass is 322 g/mol. The van der Waals surface area contributed by atoms with Crippen LogP contribution in [0.5, 0.6) is 0 Å². The number of amides is 1. The Hall–Kier alpha value is -1.31. The molecular weight excluding hydrogens is 309 g/mol. The summed E-state index contributed by atoms with van der Waals surface area (Å²) in [4.78, 5) is 12.1. The van der Waals surface area contributed by atoms with Crippen molar-refractivity contribution >= 4 is 23.2 Å². The molecule has 1 heterocycles. The van der Waals surface area contributed by atoms with Crippen LogP contribution >= 0.6 is 11.6 Å². The number of alkyl halides is 3. The van der Waals surface area contributed by atoms with Crippen molar-refractivity contribution < 1.29 is 22.7 Å². The van der Waals surface area contributed by atoms with Gasteiger partial charge in [-0.3, -0.25) is 4.79 Å². The van der Waals surface area contributed by atoms with Crippen molar-refractivity contribution in [1.29, 1.82) is 0 Å². The van der Waals surface area contributed by atoms with Gasteiger partial charge >= 0.3 is 6.18 Å². The fourth-order valence-corrected chi connectivity index (χ4v) is 2.28. The summed E-state index contributed by atoms with van der Waals surface area (Å²) in [6.07, 6.45) is -3.92. The van der Waals surface area contributed by atoms with Gasteiger partial charge in [-0.05, 0) is 31.0 Å². The molecule has 4 nitrogen and oxygen atoms in total. The second-order valence-corrected chi connectivity index (χ2v) is 5.39. The summed E-state index contributed by atoms with van der Waals surface area (Å²) in [7, 11) is 0. The number of benzene rings is 1. The standard InChI is InChI=1S/C13H14ClF3N2O2/c14-9-5-8(13(15,16)17)6-10(7-9)19-11(20)12(18)1-3-21-4-2-12/h5-7H,1-4,18H2,(H,19,20). The SMILES string of the molecule is NC1(C(=O)Nc2cc(Cl)cc(C(F)(F)F)c2)CCOCC1. The Morgan fingerprint density at radius 2 is 1.90 bits per heavy atom. The number of rotatable bonds is 2. The van der Waals surface area contributed by atoms with Crippen LogP contribution in [0, 0.1) is 0 Å². The number of ether oxygens (including phenoxy) is 1. The molecule has 0 spiro atoms. The summed E-state index contributed by atoms with van der Waals surface area (Å²) in [6, 6.07) is 2.87. The second kappa shape index (κ2) is 5.82. The normalized spacial score (nSPS) is 18.3. The minimum absolute atomic E-state index is 0.0314. The average Bonchev–Trinajstić information content (AvgIpc) is 2.37. The zero-order chi connectivity index (χ0) is 15.7. The Kier molecular flexibility index (Phi) is 4.46. The number of anilines is 1. The highest BCUT2D eigenvalue weighted by atomic mass is 35.5. The van der Waals surface area contributed by atoms with Crippen LogP contribution in [0.15, 0.2) is 18.2 Å². The van der Waals surface area contributed by atoms with E-state index in [1.54, 1.807) is 0 Å². The lowest BCUT2D eigenvalue weighted by atomic mass is 9.90. The third kappa shape index (κ3) is 3.87. The Morgan fingerprint density at radius 1 is 1.29 bits per heavy atom. The number of hydrogen-bond donors (Lipinski definition) is 2. The minimum Gasteiger partial charge on any atom is -0.381 e. The van der Waals surface area contributed by atoms with Crippen LogP contribution < -0.4 is 11.1 Å². The van der Waals surface area contributed by atoms with Crippen molar-refractivity contribution in [3.8, 4) is 0 Å². The predicted octanol–water partition coefficient (Wildman–Crippen LogP) is 2.81. The third-order valence-electron chi connectivity index (χ3n) is 3.32. The van der Waals surface area contributed by atoms with E-state index in [0.29, 0.717) is 26.1 Å². The molecule has 1 amide bonds. The maximum absolute atomic E-state index is 12.7. The first-order chi connectivity index (χ1) is 9.71. The van der Waals surface area contributed by atoms with E-state index in [9.17, 15) is 18.0 Å². The Bertz CT molecular complexity index is 543. The van der Waals surface area contributed by atoms with Crippen molar-refractivity contribution in [3.63, 3.8) is 0 Å². The van der Waals surface area contributed by atoms with Gasteiger partial charge in [-0.1, -0.05) is 11.6 Å². The largest absolute Gasteiger partial charge is 0.416 e. The summed E-state index contributed by atoms with van der Waals surface area (Å²) >= 11 is 5.66. The predicted molar refractivity (Wildman–Crippen MR) is 72.1 cm³/mol. The van der Waals surface area contributed by atoms with Gasteiger partial charge in [0.25, 0.3) is 0 Å². The minimum atomic E-state index is -4.54. The molecule has 2 rings (SSSR count). The molecule has 1 fully saturated rings. The van der Waals surface area contributed by atoms with Crippen LogP contribution in [0.25, 0.3) is 0 Å². The molecule has 0 aromatic heterocycles. The first kappa shape index (κ1) is 16.1. The van der Waals surface area contributed by atoms with Gasteiger partial charge in [-0.15, -0.1) is 0 Å². The van der Waals surface area contributed by atoms with E-state index in [-0.39, 0.29) is 10.7 Å². The molecule has 0 saturated carbocycles. The van der Waals surface area contributed by atoms with Gasteiger partial charge in [0.1, 0.15) is 5.54 Å². The lowest BCUT2D eigenvalue weighted by Gasteiger charge is -2.31. The number of carbonyl (C=O) groups excluding carboxylic acids is 1. The number of hydrogen-bond acceptors (Lipinski definition) is 3. The molecule has 1 saturated heterocycles. The highest BCUT2D eigenvalue weighted by Crippen LogP contribution is 2.33. The molecule has 0 unspecified atom stereocenters. The van der Waals surface area contributed by atoms with Gasteiger partial charge < -0.3 is 15.8 Å². The summed E-state index contributed by atoms with van der Waals surface area (Å²) in [5.74, 6) is -0.541. The first-order valence-corrected chi connectivity index (χ1v) is 6.64. The molecule has 1 aliphatic rings. The maximum atomic E-state index is 12.7. The average molecular weight is 323 g/mol. The molecule has 0 aliphatic carbocycles. The summed E-state index contributed by atoms with van der Waals surface area (Å²) in [5.41, 5.74) is 3.87. The fourth-order valence-electron chi connectivity index (χ4n) is 2.04. The maximum Gasteiger partial charge on any atom is 0.416 e. The van der Waals surface area contributed by atoms with Gasteiger partial charge in [0, 0.05) is 23.9 Å². The molecule has 8 heteroatoms. The lowest BCUT2D eigenvalue weighted by Crippen LogP contribution is -2.54. The van der Waals surface area contributed by atoms with Gasteiger partial charge in [0.2, 0.25) is 5.91 Å². The number of nitrogens with two attached hydrogens (primary N) is 1. The fraction of sp³-hybridized carbons (Fsp3) is 0.462. The molecular formula is C13H14ClF3N2O2. The van der Waals surface area contributed by atoms with Crippen molar-refractivity contribution in [3.05, 3.63) is 28.8 Å². The number of nitrogens with one attached hydrogen (secondary N) is 1. The Labute approximate surface area is 124 Å². The topological polar surface area (TPSA) is 64.4 Å². The molecule has 0 atom stereocenters. The van der Waals surface area contributed by atoms with Crippen molar-refractivity contribution in [2.24, 2.45) is 5.73 Å². The molecule has 1 aromatic carbocycles. The molecule has 21 heavy (non-hydrogen) atoms. The Morgan fingerprint density at radius 3 is 2.48 bits per heavy atom. The Balaban J connectivity index is 2.19. The highest BCUT2D eigenvalue weighted by molar-refractivity contribution is 6.31. The molecule has 1 aromatic rings. The molecule has 0 radical (unpaired) electrons. The van der Waals surface area contributed by atoms with Gasteiger partial charge in [0.15, 0.2) is 0 Å². The van der Waals surface area contributed by atoms with E-state index in [1.807, 2.05) is 0 Å². The van der Waals surface area contributed by atoms with Crippen LogP contribution in [0.3, 0.4) is 0 Å². The number of halogens is 4. The van der Waals surface area contributed by atoms with Crippen molar-refractivity contribution in [1.82, 2.24) is 0 Å². The van der Waals surface area contributed by atoms with E-state index in [1.165, 1.54) is 6.07 Å². The van der Waals surface area contributed by atoms with E-state index < -0.39 is 23.2 Å². The lowest BCUT2D eigenvalue weighted by molar-refractivity contribution is -0.137. The van der Waals surface area contributed by atoms with E-state index in [4.69, 9.17) is 22.1 Å². The quantitative estimate of drug-likeness (QED) is 0.880. The summed E-state index contributed by atoms with van der Waals surface area (Å²) in [5, 5.41) is 2.29. The summed E-state index contributed by atoms with van der Waals surface area (Å²) in [6.45, 7) is 0.681. The van der Waals surface area contributed by atoms with Crippen LogP contribution in [-0.4, -0.2) is 24.7 Å². The van der Waals surface area contributed by atoms with Crippen molar-refractivity contribution in [2.75, 3.05) is 18.5 Å². The smallest absolute Gasteiger partial charge is 0.381 e. The van der Waals surface area contributed by atoms with Gasteiger partial charge in [0.05, 0.1) is 5.56 Å². The first-order valence-electron chi connectivity index (χ1n) is 6.27. The van der Waals surface area contributed by atoms with Gasteiger partial charge in [-0.25, -0.2) is 0 Å². The van der Waals surface area contributed by atoms with Crippen molar-refractivity contribution in [2.45, 2.75) is 24.6 Å². The van der Waals surface area contributed by atoms with Crippen LogP contribution in [0.1, 0.15) is 18.4 Å². The number of carbonyl (C=O) groups is 1.